The molecule has 1 aromatic heterocycles. The van der Waals surface area contributed by atoms with Crippen LogP contribution in [-0.2, 0) is 5.60 Å². The largest absolute Gasteiger partial charge is 0.442 e. The van der Waals surface area contributed by atoms with Crippen LogP contribution < -0.4 is 0 Å². The van der Waals surface area contributed by atoms with Gasteiger partial charge < -0.3 is 9.52 Å². The minimum absolute atomic E-state index is 0.337. The third-order valence-corrected chi connectivity index (χ3v) is 2.69. The molecule has 0 saturated heterocycles. The van der Waals surface area contributed by atoms with Crippen molar-refractivity contribution in [2.24, 2.45) is 0 Å². The maximum absolute atomic E-state index is 9.85. The van der Waals surface area contributed by atoms with Gasteiger partial charge in [0.05, 0.1) is 5.69 Å². The highest BCUT2D eigenvalue weighted by Gasteiger charge is 2.34. The third kappa shape index (κ3) is 2.07. The molecule has 2 rings (SSSR count). The van der Waals surface area contributed by atoms with E-state index >= 15 is 0 Å². The van der Waals surface area contributed by atoms with E-state index in [-0.39, 0.29) is 0 Å². The highest BCUT2D eigenvalue weighted by Crippen LogP contribution is 2.43. The van der Waals surface area contributed by atoms with Gasteiger partial charge in [-0.25, -0.2) is 4.98 Å². The van der Waals surface area contributed by atoms with E-state index in [1.54, 1.807) is 13.8 Å². The van der Waals surface area contributed by atoms with E-state index in [9.17, 15) is 5.11 Å². The van der Waals surface area contributed by atoms with E-state index in [1.165, 1.54) is 12.8 Å². The molecule has 0 spiro atoms. The Balaban J connectivity index is 2.40. The molecule has 0 atom stereocenters. The van der Waals surface area contributed by atoms with Crippen molar-refractivity contribution in [1.82, 2.24) is 4.98 Å². The lowest BCUT2D eigenvalue weighted by Gasteiger charge is -2.11. The summed E-state index contributed by atoms with van der Waals surface area (Å²) in [5.74, 6) is 2.31. The Labute approximate surface area is 90.5 Å². The zero-order chi connectivity index (χ0) is 11.2. The Morgan fingerprint density at radius 1 is 1.40 bits per heavy atom. The molecule has 1 aliphatic rings. The van der Waals surface area contributed by atoms with Gasteiger partial charge in [-0.05, 0) is 26.7 Å². The normalized spacial score (nSPS) is 17.5. The number of nitrogens with zero attached hydrogens (tertiary/aromatic N) is 1. The molecule has 15 heavy (non-hydrogen) atoms. The summed E-state index contributed by atoms with van der Waals surface area (Å²) < 4.78 is 5.68. The molecule has 3 nitrogen and oxygen atoms in total. The second kappa shape index (κ2) is 3.34. The van der Waals surface area contributed by atoms with Crippen molar-refractivity contribution >= 4 is 0 Å². The molecule has 0 bridgehead atoms. The Hall–Kier alpha value is -0.830. The number of hydrogen-bond donors (Lipinski definition) is 1. The highest BCUT2D eigenvalue weighted by atomic mass is 16.4. The summed E-state index contributed by atoms with van der Waals surface area (Å²) in [6.07, 6.45) is 2.41. The maximum atomic E-state index is 9.85. The first kappa shape index (κ1) is 10.7. The predicted octanol–water partition coefficient (Wildman–Crippen LogP) is 2.90. The first-order chi connectivity index (χ1) is 6.89. The first-order valence-electron chi connectivity index (χ1n) is 5.63. The molecule has 1 fully saturated rings. The van der Waals surface area contributed by atoms with E-state index in [0.717, 1.165) is 11.5 Å². The summed E-state index contributed by atoms with van der Waals surface area (Å²) in [7, 11) is 0. The topological polar surface area (TPSA) is 46.3 Å². The molecule has 0 aromatic carbocycles. The fraction of sp³-hybridized carbons (Fsp3) is 0.750. The Morgan fingerprint density at radius 2 is 2.00 bits per heavy atom. The van der Waals surface area contributed by atoms with Gasteiger partial charge in [-0.1, -0.05) is 13.8 Å². The Kier molecular flexibility index (Phi) is 2.38. The summed E-state index contributed by atoms with van der Waals surface area (Å²) in [4.78, 5) is 4.45. The van der Waals surface area contributed by atoms with Crippen molar-refractivity contribution in [3.63, 3.8) is 0 Å². The van der Waals surface area contributed by atoms with Crippen LogP contribution in [0.3, 0.4) is 0 Å². The van der Waals surface area contributed by atoms with Gasteiger partial charge in [0.2, 0.25) is 5.89 Å². The van der Waals surface area contributed by atoms with Gasteiger partial charge in [-0.2, -0.15) is 0 Å². The van der Waals surface area contributed by atoms with Gasteiger partial charge in [-0.15, -0.1) is 0 Å². The minimum atomic E-state index is -0.975. The average Bonchev–Trinajstić information content (AvgIpc) is 2.81. The second-order valence-corrected chi connectivity index (χ2v) is 5.26. The average molecular weight is 209 g/mol. The van der Waals surface area contributed by atoms with Crippen molar-refractivity contribution in [3.05, 3.63) is 17.3 Å². The number of aliphatic hydroxyl groups is 1. The van der Waals surface area contributed by atoms with E-state index in [2.05, 4.69) is 18.8 Å². The van der Waals surface area contributed by atoms with Crippen molar-refractivity contribution in [2.45, 2.75) is 58.0 Å². The van der Waals surface area contributed by atoms with Crippen LogP contribution in [0.5, 0.6) is 0 Å². The zero-order valence-corrected chi connectivity index (χ0v) is 9.87. The summed E-state index contributed by atoms with van der Waals surface area (Å²) in [6, 6.07) is 0. The van der Waals surface area contributed by atoms with Crippen LogP contribution in [0.2, 0.25) is 0 Å². The van der Waals surface area contributed by atoms with Gasteiger partial charge in [0.15, 0.2) is 0 Å². The number of aromatic nitrogens is 1. The van der Waals surface area contributed by atoms with Gasteiger partial charge in [0.25, 0.3) is 0 Å². The van der Waals surface area contributed by atoms with Gasteiger partial charge >= 0.3 is 0 Å². The third-order valence-electron chi connectivity index (χ3n) is 2.69. The van der Waals surface area contributed by atoms with E-state index < -0.39 is 5.60 Å². The fourth-order valence-electron chi connectivity index (χ4n) is 1.67. The highest BCUT2D eigenvalue weighted by molar-refractivity contribution is 5.23. The van der Waals surface area contributed by atoms with Gasteiger partial charge in [0.1, 0.15) is 11.4 Å². The Morgan fingerprint density at radius 3 is 2.40 bits per heavy atom. The molecule has 0 amide bonds. The van der Waals surface area contributed by atoms with Crippen LogP contribution in [-0.4, -0.2) is 10.1 Å². The molecule has 0 radical (unpaired) electrons. The maximum Gasteiger partial charge on any atom is 0.226 e. The van der Waals surface area contributed by atoms with Crippen molar-refractivity contribution in [3.8, 4) is 0 Å². The molecule has 3 heteroatoms. The quantitative estimate of drug-likeness (QED) is 0.832. The van der Waals surface area contributed by atoms with Crippen LogP contribution in [0.15, 0.2) is 4.42 Å². The lowest BCUT2D eigenvalue weighted by Crippen LogP contribution is -2.15. The molecule has 1 N–H and O–H groups in total. The Bertz CT molecular complexity index is 337. The summed E-state index contributed by atoms with van der Waals surface area (Å²) in [5, 5.41) is 9.85. The second-order valence-electron chi connectivity index (χ2n) is 5.26. The molecule has 1 aromatic rings. The number of oxazole rings is 1. The smallest absolute Gasteiger partial charge is 0.226 e. The predicted molar refractivity (Wildman–Crippen MR) is 57.8 cm³/mol. The van der Waals surface area contributed by atoms with Crippen LogP contribution in [0.25, 0.3) is 0 Å². The van der Waals surface area contributed by atoms with Crippen molar-refractivity contribution in [1.29, 1.82) is 0 Å². The van der Waals surface area contributed by atoms with E-state index in [0.29, 0.717) is 17.7 Å². The number of rotatable bonds is 3. The van der Waals surface area contributed by atoms with Gasteiger partial charge in [-0.3, -0.25) is 0 Å². The lowest BCUT2D eigenvalue weighted by molar-refractivity contribution is 0.0468. The molecule has 84 valence electrons. The molecule has 1 heterocycles. The molecule has 0 unspecified atom stereocenters. The lowest BCUT2D eigenvalue weighted by atomic mass is 10.1. The monoisotopic (exact) mass is 209 g/mol. The minimum Gasteiger partial charge on any atom is -0.442 e. The molecular formula is C12H19NO2. The molecule has 0 aliphatic heterocycles. The van der Waals surface area contributed by atoms with Gasteiger partial charge in [0, 0.05) is 11.8 Å². The zero-order valence-electron chi connectivity index (χ0n) is 9.87. The van der Waals surface area contributed by atoms with E-state index in [1.807, 2.05) is 0 Å². The molecular weight excluding hydrogens is 190 g/mol. The molecule has 1 aliphatic carbocycles. The fourth-order valence-corrected chi connectivity index (χ4v) is 1.67. The van der Waals surface area contributed by atoms with Crippen LogP contribution in [0.4, 0.5) is 0 Å². The van der Waals surface area contributed by atoms with Crippen LogP contribution in [0, 0.1) is 0 Å². The molecule has 1 saturated carbocycles. The standard InChI is InChI=1S/C12H19NO2/c1-7(2)10-9(8-5-6-8)13-11(15-10)12(3,4)14/h7-8,14H,5-6H2,1-4H3. The summed E-state index contributed by atoms with van der Waals surface area (Å²) >= 11 is 0. The van der Waals surface area contributed by atoms with Crippen LogP contribution >= 0.6 is 0 Å². The van der Waals surface area contributed by atoms with Crippen LogP contribution in [0.1, 0.15) is 69.7 Å². The first-order valence-corrected chi connectivity index (χ1v) is 5.63. The SMILES string of the molecule is CC(C)c1oc(C(C)(C)O)nc1C1CC1. The summed E-state index contributed by atoms with van der Waals surface area (Å²) in [5.41, 5.74) is 0.0960. The number of hydrogen-bond acceptors (Lipinski definition) is 3. The van der Waals surface area contributed by atoms with Crippen molar-refractivity contribution in [2.75, 3.05) is 0 Å². The van der Waals surface area contributed by atoms with Crippen molar-refractivity contribution < 1.29 is 9.52 Å². The van der Waals surface area contributed by atoms with E-state index in [4.69, 9.17) is 4.42 Å². The summed E-state index contributed by atoms with van der Waals surface area (Å²) in [6.45, 7) is 7.61.